The number of aliphatic carboxylic acids is 1. The summed E-state index contributed by atoms with van der Waals surface area (Å²) in [6.07, 6.45) is -0.412. The number of aliphatic hydroxyl groups excluding tert-OH is 4. The zero-order valence-corrected chi connectivity index (χ0v) is 25.3. The zero-order valence-electron chi connectivity index (χ0n) is 25.3. The average molecular weight is 639 g/mol. The van der Waals surface area contributed by atoms with Crippen LogP contribution in [-0.2, 0) is 33.3 Å². The van der Waals surface area contributed by atoms with Gasteiger partial charge in [0, 0.05) is 38.9 Å². The molecule has 3 aliphatic rings. The van der Waals surface area contributed by atoms with E-state index in [0.29, 0.717) is 5.57 Å². The number of guanidine groups is 1. The second kappa shape index (κ2) is 16.5. The standard InChI is InChI=1S/C29H42N4O12/c1-5-16-17(8-7-15-11-33(9-10-34)12-18(25(38)39)21(15)32-29(30)31-3)19(26(40)41-4)14-43-27(16)45-28-24(42-6-2)23(37)22(36)20(13-35)44-28/h5,7-8,12,14,16-17,20,22-24,27-28,34-37H,1,6,9-11,13H2,2-4H3,(H,38,39)(H3,30,31,32)/b8-7+/t16-,17+,20-,22-,23+,24-,27+,28+/m1/s1. The van der Waals surface area contributed by atoms with Crippen molar-refractivity contribution >= 4 is 17.9 Å². The summed E-state index contributed by atoms with van der Waals surface area (Å²) in [6.45, 7) is 5.19. The number of carbonyl (C=O) groups is 2. The van der Waals surface area contributed by atoms with Crippen molar-refractivity contribution in [2.24, 2.45) is 22.6 Å². The van der Waals surface area contributed by atoms with E-state index < -0.39 is 67.4 Å². The number of rotatable bonds is 13. The Morgan fingerprint density at radius 1 is 1.27 bits per heavy atom. The van der Waals surface area contributed by atoms with Crippen molar-refractivity contribution in [2.75, 3.05) is 47.1 Å². The maximum atomic E-state index is 12.8. The number of aliphatic imine (C=N–C) groups is 1. The van der Waals surface area contributed by atoms with Crippen LogP contribution in [0.2, 0.25) is 0 Å². The van der Waals surface area contributed by atoms with Crippen molar-refractivity contribution in [3.8, 4) is 0 Å². The number of aliphatic hydroxyl groups is 4. The van der Waals surface area contributed by atoms with Crippen LogP contribution >= 0.6 is 0 Å². The molecular weight excluding hydrogens is 596 g/mol. The van der Waals surface area contributed by atoms with Gasteiger partial charge in [-0.25, -0.2) is 9.59 Å². The molecule has 1 saturated heterocycles. The number of nitrogens with one attached hydrogen (secondary N) is 1. The number of β-amino-alcohol motifs (C(OH)–C–C–N with tert-alkyl or cyclic N) is 1. The van der Waals surface area contributed by atoms with Gasteiger partial charge in [0.15, 0.2) is 12.2 Å². The Balaban J connectivity index is 2.04. The number of esters is 1. The fourth-order valence-electron chi connectivity index (χ4n) is 5.15. The van der Waals surface area contributed by atoms with Gasteiger partial charge >= 0.3 is 11.9 Å². The molecule has 8 atom stereocenters. The molecule has 0 saturated carbocycles. The molecule has 45 heavy (non-hydrogen) atoms. The normalized spacial score (nSPS) is 30.8. The van der Waals surface area contributed by atoms with Crippen LogP contribution in [0.3, 0.4) is 0 Å². The third kappa shape index (κ3) is 8.29. The lowest BCUT2D eigenvalue weighted by Crippen LogP contribution is -2.61. The fourth-order valence-corrected chi connectivity index (χ4v) is 5.15. The summed E-state index contributed by atoms with van der Waals surface area (Å²) >= 11 is 0. The summed E-state index contributed by atoms with van der Waals surface area (Å²) in [5.41, 5.74) is 6.45. The number of nitrogens with two attached hydrogens (primary N) is 1. The van der Waals surface area contributed by atoms with Crippen molar-refractivity contribution in [1.82, 2.24) is 10.2 Å². The van der Waals surface area contributed by atoms with Gasteiger partial charge in [-0.15, -0.1) is 6.58 Å². The van der Waals surface area contributed by atoms with Gasteiger partial charge in [-0.05, 0) is 12.5 Å². The van der Waals surface area contributed by atoms with Crippen LogP contribution in [0.1, 0.15) is 6.92 Å². The lowest BCUT2D eigenvalue weighted by molar-refractivity contribution is -0.344. The van der Waals surface area contributed by atoms with E-state index in [1.807, 2.05) is 0 Å². The number of hydrogen-bond donors (Lipinski definition) is 7. The first-order valence-corrected chi connectivity index (χ1v) is 14.2. The minimum absolute atomic E-state index is 0.0397. The number of allylic oxidation sites excluding steroid dienone is 1. The van der Waals surface area contributed by atoms with Gasteiger partial charge in [0.25, 0.3) is 0 Å². The van der Waals surface area contributed by atoms with Crippen molar-refractivity contribution < 1.29 is 58.8 Å². The molecule has 0 aromatic carbocycles. The predicted octanol–water partition coefficient (Wildman–Crippen LogP) is -1.70. The third-order valence-electron chi connectivity index (χ3n) is 7.45. The molecule has 0 aromatic heterocycles. The molecule has 0 unspecified atom stereocenters. The van der Waals surface area contributed by atoms with Crippen LogP contribution < -0.4 is 11.1 Å². The van der Waals surface area contributed by atoms with Crippen molar-refractivity contribution in [3.63, 3.8) is 0 Å². The summed E-state index contributed by atoms with van der Waals surface area (Å²) in [4.78, 5) is 30.5. The largest absolute Gasteiger partial charge is 0.478 e. The first-order chi connectivity index (χ1) is 21.5. The monoisotopic (exact) mass is 638 g/mol. The molecule has 1 fully saturated rings. The van der Waals surface area contributed by atoms with Gasteiger partial charge in [0.05, 0.1) is 49.3 Å². The SMILES string of the molecule is C=C[C@H]1[C@H](O[C@@H]2O[C@H](CO)[C@@H](O)[C@H](O)[C@H]2OCC)OC=C(C(=O)OC)[C@H]1/C=C/C1=C(NC(N)=NC)C(C(=O)O)=CN(CCO)C1. The van der Waals surface area contributed by atoms with E-state index in [9.17, 15) is 35.1 Å². The Morgan fingerprint density at radius 3 is 2.58 bits per heavy atom. The van der Waals surface area contributed by atoms with E-state index in [1.54, 1.807) is 24.0 Å². The van der Waals surface area contributed by atoms with Crippen molar-refractivity contribution in [3.05, 3.63) is 59.7 Å². The summed E-state index contributed by atoms with van der Waals surface area (Å²) < 4.78 is 28.1. The van der Waals surface area contributed by atoms with Crippen LogP contribution in [-0.4, -0.2) is 132 Å². The van der Waals surface area contributed by atoms with Crippen LogP contribution in [0.15, 0.2) is 64.7 Å². The first-order valence-electron chi connectivity index (χ1n) is 14.2. The average Bonchev–Trinajstić information content (AvgIpc) is 3.03. The first kappa shape index (κ1) is 35.7. The van der Waals surface area contributed by atoms with E-state index in [-0.39, 0.29) is 49.1 Å². The molecule has 8 N–H and O–H groups in total. The van der Waals surface area contributed by atoms with Crippen LogP contribution in [0, 0.1) is 11.8 Å². The fraction of sp³-hybridized carbons (Fsp3) is 0.552. The highest BCUT2D eigenvalue weighted by atomic mass is 16.8. The van der Waals surface area contributed by atoms with Crippen molar-refractivity contribution in [2.45, 2.75) is 43.9 Å². The Kier molecular flexibility index (Phi) is 13.1. The van der Waals surface area contributed by atoms with Crippen LogP contribution in [0.25, 0.3) is 0 Å². The highest BCUT2D eigenvalue weighted by Crippen LogP contribution is 2.37. The van der Waals surface area contributed by atoms with E-state index in [4.69, 9.17) is 29.4 Å². The molecule has 0 bridgehead atoms. The molecule has 0 aromatic rings. The Morgan fingerprint density at radius 2 is 2.00 bits per heavy atom. The molecule has 0 amide bonds. The highest BCUT2D eigenvalue weighted by Gasteiger charge is 2.48. The minimum atomic E-state index is -1.45. The summed E-state index contributed by atoms with van der Waals surface area (Å²) in [6, 6.07) is 0. The molecule has 3 aliphatic heterocycles. The molecule has 3 heterocycles. The number of methoxy groups -OCH3 is 1. The zero-order chi connectivity index (χ0) is 33.3. The van der Waals surface area contributed by atoms with Crippen LogP contribution in [0.5, 0.6) is 0 Å². The number of hydrogen-bond acceptors (Lipinski definition) is 13. The smallest absolute Gasteiger partial charge is 0.339 e. The quantitative estimate of drug-likeness (QED) is 0.0515. The summed E-state index contributed by atoms with van der Waals surface area (Å²) in [5, 5.41) is 53.0. The van der Waals surface area contributed by atoms with Crippen molar-refractivity contribution in [1.29, 1.82) is 0 Å². The molecule has 250 valence electrons. The Labute approximate surface area is 260 Å². The number of carboxylic acid groups (broad SMARTS) is 1. The van der Waals surface area contributed by atoms with E-state index in [0.717, 1.165) is 6.26 Å². The molecule has 3 rings (SSSR count). The minimum Gasteiger partial charge on any atom is -0.478 e. The number of carbonyl (C=O) groups excluding carboxylic acids is 1. The summed E-state index contributed by atoms with van der Waals surface area (Å²) in [7, 11) is 2.64. The molecular formula is C29H42N4O12. The van der Waals surface area contributed by atoms with Gasteiger partial charge < -0.3 is 65.2 Å². The van der Waals surface area contributed by atoms with Gasteiger partial charge in [0.1, 0.15) is 24.4 Å². The maximum Gasteiger partial charge on any atom is 0.339 e. The molecule has 0 radical (unpaired) electrons. The Hall–Kier alpha value is -3.77. The van der Waals surface area contributed by atoms with E-state index in [1.165, 1.54) is 26.4 Å². The third-order valence-corrected chi connectivity index (χ3v) is 7.45. The maximum absolute atomic E-state index is 12.8. The van der Waals surface area contributed by atoms with Gasteiger partial charge in [-0.2, -0.15) is 0 Å². The van der Waals surface area contributed by atoms with E-state index >= 15 is 0 Å². The summed E-state index contributed by atoms with van der Waals surface area (Å²) in [5.74, 6) is -3.58. The second-order valence-electron chi connectivity index (χ2n) is 10.2. The number of nitrogens with zero attached hydrogens (tertiary/aromatic N) is 2. The van der Waals surface area contributed by atoms with Crippen LogP contribution in [0.4, 0.5) is 0 Å². The molecule has 0 aliphatic carbocycles. The lowest BCUT2D eigenvalue weighted by atomic mass is 9.83. The second-order valence-corrected chi connectivity index (χ2v) is 10.2. The number of ether oxygens (including phenoxy) is 5. The molecule has 16 heteroatoms. The predicted molar refractivity (Wildman–Crippen MR) is 158 cm³/mol. The van der Waals surface area contributed by atoms with Gasteiger partial charge in [0.2, 0.25) is 6.29 Å². The van der Waals surface area contributed by atoms with Gasteiger partial charge in [-0.1, -0.05) is 18.2 Å². The van der Waals surface area contributed by atoms with Gasteiger partial charge in [-0.3, -0.25) is 4.99 Å². The molecule has 0 spiro atoms. The highest BCUT2D eigenvalue weighted by molar-refractivity contribution is 5.95. The molecule has 16 nitrogen and oxygen atoms in total. The lowest BCUT2D eigenvalue weighted by Gasteiger charge is -2.44. The topological polar surface area (TPSA) is 235 Å². The Bertz CT molecular complexity index is 1230. The number of carboxylic acids is 1. The van der Waals surface area contributed by atoms with E-state index in [2.05, 4.69) is 16.9 Å².